The number of epoxide rings is 1. The molecule has 0 aromatic rings. The Morgan fingerprint density at radius 1 is 1.36 bits per heavy atom. The molecule has 0 bridgehead atoms. The van der Waals surface area contributed by atoms with Crippen LogP contribution in [0.1, 0.15) is 32.6 Å². The van der Waals surface area contributed by atoms with Crippen molar-refractivity contribution in [3.05, 3.63) is 0 Å². The Balaban J connectivity index is 1.70. The number of ether oxygens (including phenoxy) is 2. The van der Waals surface area contributed by atoms with Crippen molar-refractivity contribution < 1.29 is 9.47 Å². The fraction of sp³-hybridized carbons (Fsp3) is 1.00. The van der Waals surface area contributed by atoms with Crippen molar-refractivity contribution in [2.75, 3.05) is 6.61 Å². The first kappa shape index (κ1) is 7.56. The monoisotopic (exact) mass is 156 g/mol. The minimum atomic E-state index is 0.332. The molecular formula is C9H16O2. The van der Waals surface area contributed by atoms with Gasteiger partial charge in [0, 0.05) is 0 Å². The molecule has 1 saturated heterocycles. The molecule has 0 radical (unpaired) electrons. The molecule has 64 valence electrons. The van der Waals surface area contributed by atoms with Gasteiger partial charge in [-0.3, -0.25) is 0 Å². The lowest BCUT2D eigenvalue weighted by molar-refractivity contribution is -0.0114. The number of hydrogen-bond acceptors (Lipinski definition) is 2. The van der Waals surface area contributed by atoms with Gasteiger partial charge in [-0.25, -0.2) is 0 Å². The normalized spacial score (nSPS) is 34.1. The summed E-state index contributed by atoms with van der Waals surface area (Å²) in [6.07, 6.45) is 6.50. The Morgan fingerprint density at radius 2 is 2.00 bits per heavy atom. The second kappa shape index (κ2) is 3.11. The van der Waals surface area contributed by atoms with Crippen LogP contribution in [-0.4, -0.2) is 24.9 Å². The fourth-order valence-corrected chi connectivity index (χ4v) is 1.74. The van der Waals surface area contributed by atoms with Gasteiger partial charge in [-0.1, -0.05) is 12.8 Å². The second-order valence-electron chi connectivity index (χ2n) is 3.62. The Labute approximate surface area is 67.9 Å². The molecular weight excluding hydrogens is 140 g/mol. The van der Waals surface area contributed by atoms with Gasteiger partial charge in [0.05, 0.1) is 18.8 Å². The largest absolute Gasteiger partial charge is 0.372 e. The summed E-state index contributed by atoms with van der Waals surface area (Å²) in [4.78, 5) is 0. The zero-order valence-electron chi connectivity index (χ0n) is 7.08. The summed E-state index contributed by atoms with van der Waals surface area (Å²) in [5.41, 5.74) is 0. The van der Waals surface area contributed by atoms with Crippen molar-refractivity contribution in [3.8, 4) is 0 Å². The first-order valence-electron chi connectivity index (χ1n) is 4.63. The Bertz CT molecular complexity index is 126. The average molecular weight is 156 g/mol. The Morgan fingerprint density at radius 3 is 2.55 bits per heavy atom. The van der Waals surface area contributed by atoms with Crippen LogP contribution in [0.15, 0.2) is 0 Å². The van der Waals surface area contributed by atoms with Crippen molar-refractivity contribution in [2.24, 2.45) is 0 Å². The van der Waals surface area contributed by atoms with Gasteiger partial charge >= 0.3 is 0 Å². The van der Waals surface area contributed by atoms with Gasteiger partial charge in [0.2, 0.25) is 0 Å². The van der Waals surface area contributed by atoms with Gasteiger partial charge in [0.1, 0.15) is 6.10 Å². The lowest BCUT2D eigenvalue weighted by Gasteiger charge is -2.15. The van der Waals surface area contributed by atoms with Gasteiger partial charge in [-0.15, -0.1) is 0 Å². The van der Waals surface area contributed by atoms with Crippen molar-refractivity contribution >= 4 is 0 Å². The van der Waals surface area contributed by atoms with Crippen molar-refractivity contribution in [1.82, 2.24) is 0 Å². The summed E-state index contributed by atoms with van der Waals surface area (Å²) in [6.45, 7) is 3.03. The van der Waals surface area contributed by atoms with E-state index in [1.165, 1.54) is 25.7 Å². The quantitative estimate of drug-likeness (QED) is 0.580. The predicted molar refractivity (Wildman–Crippen MR) is 42.5 cm³/mol. The topological polar surface area (TPSA) is 21.8 Å². The zero-order valence-corrected chi connectivity index (χ0v) is 7.08. The molecule has 0 amide bonds. The van der Waals surface area contributed by atoms with Crippen LogP contribution in [0, 0.1) is 0 Å². The second-order valence-corrected chi connectivity index (χ2v) is 3.62. The molecule has 2 fully saturated rings. The minimum Gasteiger partial charge on any atom is -0.372 e. The summed E-state index contributed by atoms with van der Waals surface area (Å²) in [5, 5.41) is 0. The van der Waals surface area contributed by atoms with E-state index in [0.29, 0.717) is 18.3 Å². The van der Waals surface area contributed by atoms with E-state index in [0.717, 1.165) is 6.61 Å². The smallest absolute Gasteiger partial charge is 0.107 e. The van der Waals surface area contributed by atoms with E-state index in [1.807, 2.05) is 0 Å². The van der Waals surface area contributed by atoms with E-state index in [2.05, 4.69) is 6.92 Å². The third kappa shape index (κ3) is 1.94. The van der Waals surface area contributed by atoms with Crippen LogP contribution < -0.4 is 0 Å². The first-order chi connectivity index (χ1) is 5.36. The summed E-state index contributed by atoms with van der Waals surface area (Å²) < 4.78 is 11.0. The maximum absolute atomic E-state index is 5.81. The molecule has 0 N–H and O–H groups in total. The van der Waals surface area contributed by atoms with E-state index in [1.54, 1.807) is 0 Å². The predicted octanol–water partition coefficient (Wildman–Crippen LogP) is 1.73. The van der Waals surface area contributed by atoms with Crippen LogP contribution in [0.4, 0.5) is 0 Å². The standard InChI is InChI=1S/C9H16O2/c1-7(9-6-10-9)11-8-4-2-3-5-8/h7-9H,2-6H2,1H3/t7-,9+/m0/s1. The zero-order chi connectivity index (χ0) is 7.68. The van der Waals surface area contributed by atoms with Gasteiger partial charge in [-0.2, -0.15) is 0 Å². The molecule has 1 aliphatic heterocycles. The maximum atomic E-state index is 5.81. The number of rotatable bonds is 3. The molecule has 2 atom stereocenters. The molecule has 2 nitrogen and oxygen atoms in total. The highest BCUT2D eigenvalue weighted by Crippen LogP contribution is 2.25. The van der Waals surface area contributed by atoms with Crippen molar-refractivity contribution in [2.45, 2.75) is 50.9 Å². The number of hydrogen-bond donors (Lipinski definition) is 0. The van der Waals surface area contributed by atoms with Crippen LogP contribution in [-0.2, 0) is 9.47 Å². The maximum Gasteiger partial charge on any atom is 0.107 e. The first-order valence-corrected chi connectivity index (χ1v) is 4.63. The third-order valence-electron chi connectivity index (χ3n) is 2.59. The molecule has 0 spiro atoms. The lowest BCUT2D eigenvalue weighted by atomic mass is 10.2. The molecule has 11 heavy (non-hydrogen) atoms. The summed E-state index contributed by atoms with van der Waals surface area (Å²) in [5.74, 6) is 0. The summed E-state index contributed by atoms with van der Waals surface area (Å²) in [6, 6.07) is 0. The van der Waals surface area contributed by atoms with Crippen LogP contribution in [0.25, 0.3) is 0 Å². The molecule has 0 unspecified atom stereocenters. The van der Waals surface area contributed by atoms with E-state index in [9.17, 15) is 0 Å². The lowest BCUT2D eigenvalue weighted by Crippen LogP contribution is -2.21. The van der Waals surface area contributed by atoms with E-state index in [4.69, 9.17) is 9.47 Å². The summed E-state index contributed by atoms with van der Waals surface area (Å²) in [7, 11) is 0. The molecule has 0 aromatic carbocycles. The van der Waals surface area contributed by atoms with Gasteiger partial charge in [-0.05, 0) is 19.8 Å². The Hall–Kier alpha value is -0.0800. The van der Waals surface area contributed by atoms with Gasteiger partial charge in [0.15, 0.2) is 0 Å². The average Bonchev–Trinajstić information content (AvgIpc) is 2.73. The fourth-order valence-electron chi connectivity index (χ4n) is 1.74. The molecule has 2 aliphatic rings. The molecule has 0 aromatic heterocycles. The van der Waals surface area contributed by atoms with Crippen molar-refractivity contribution in [3.63, 3.8) is 0 Å². The van der Waals surface area contributed by atoms with Crippen LogP contribution in [0.3, 0.4) is 0 Å². The van der Waals surface area contributed by atoms with Crippen LogP contribution in [0.2, 0.25) is 0 Å². The molecule has 1 aliphatic carbocycles. The van der Waals surface area contributed by atoms with E-state index >= 15 is 0 Å². The molecule has 2 rings (SSSR count). The minimum absolute atomic E-state index is 0.332. The van der Waals surface area contributed by atoms with Crippen LogP contribution >= 0.6 is 0 Å². The van der Waals surface area contributed by atoms with Crippen LogP contribution in [0.5, 0.6) is 0 Å². The highest BCUT2D eigenvalue weighted by molar-refractivity contribution is 4.78. The highest BCUT2D eigenvalue weighted by atomic mass is 16.6. The third-order valence-corrected chi connectivity index (χ3v) is 2.59. The Kier molecular flexibility index (Phi) is 2.14. The van der Waals surface area contributed by atoms with Gasteiger partial charge in [0.25, 0.3) is 0 Å². The van der Waals surface area contributed by atoms with Gasteiger partial charge < -0.3 is 9.47 Å². The molecule has 1 heterocycles. The van der Waals surface area contributed by atoms with Crippen molar-refractivity contribution in [1.29, 1.82) is 0 Å². The molecule has 1 saturated carbocycles. The molecule has 2 heteroatoms. The highest BCUT2D eigenvalue weighted by Gasteiger charge is 2.32. The van der Waals surface area contributed by atoms with E-state index < -0.39 is 0 Å². The summed E-state index contributed by atoms with van der Waals surface area (Å²) >= 11 is 0. The SMILES string of the molecule is C[C@H](OC1CCCC1)[C@H]1CO1. The van der Waals surface area contributed by atoms with E-state index in [-0.39, 0.29) is 0 Å².